The van der Waals surface area contributed by atoms with Crippen LogP contribution in [0.15, 0.2) is 46.3 Å². The van der Waals surface area contributed by atoms with Gasteiger partial charge in [-0.1, -0.05) is 44.9 Å². The molecule has 0 saturated heterocycles. The fourth-order valence-electron chi connectivity index (χ4n) is 2.79. The van der Waals surface area contributed by atoms with Gasteiger partial charge in [0.05, 0.1) is 24.9 Å². The average molecular weight is 493 g/mol. The van der Waals surface area contributed by atoms with Crippen LogP contribution in [0.3, 0.4) is 0 Å². The third-order valence-electron chi connectivity index (χ3n) is 4.21. The molecule has 0 aliphatic heterocycles. The van der Waals surface area contributed by atoms with Crippen LogP contribution in [0.2, 0.25) is 5.02 Å². The van der Waals surface area contributed by atoms with Gasteiger partial charge < -0.3 is 15.2 Å². The Labute approximate surface area is 184 Å². The van der Waals surface area contributed by atoms with Gasteiger partial charge in [-0.2, -0.15) is 4.68 Å². The number of nitrogens with two attached hydrogens (primary N) is 1. The smallest absolute Gasteiger partial charge is 0.165 e. The van der Waals surface area contributed by atoms with E-state index in [1.54, 1.807) is 19.2 Å². The second-order valence-electron chi connectivity index (χ2n) is 5.94. The van der Waals surface area contributed by atoms with Crippen molar-refractivity contribution in [1.82, 2.24) is 20.0 Å². The van der Waals surface area contributed by atoms with E-state index >= 15 is 0 Å². The molecule has 148 valence electrons. The number of anilines is 1. The van der Waals surface area contributed by atoms with Crippen LogP contribution in [0, 0.1) is 0 Å². The first-order chi connectivity index (χ1) is 14.0. The molecular weight excluding hydrogens is 478 g/mol. The molecule has 10 heteroatoms. The molecule has 29 heavy (non-hydrogen) atoms. The zero-order valence-corrected chi connectivity index (χ0v) is 18.5. The minimum atomic E-state index is 0.333. The Morgan fingerprint density at radius 3 is 2.66 bits per heavy atom. The van der Waals surface area contributed by atoms with Crippen molar-refractivity contribution in [1.29, 1.82) is 0 Å². The van der Waals surface area contributed by atoms with E-state index in [1.165, 1.54) is 23.1 Å². The van der Waals surface area contributed by atoms with Crippen molar-refractivity contribution in [2.24, 2.45) is 0 Å². The van der Waals surface area contributed by atoms with Gasteiger partial charge in [-0.15, -0.1) is 16.4 Å². The maximum absolute atomic E-state index is 6.35. The molecule has 4 rings (SSSR count). The molecule has 0 saturated carbocycles. The van der Waals surface area contributed by atoms with Crippen LogP contribution in [0.1, 0.15) is 0 Å². The summed E-state index contributed by atoms with van der Waals surface area (Å²) in [6.45, 7) is 0. The van der Waals surface area contributed by atoms with Crippen LogP contribution in [-0.2, 0) is 0 Å². The standard InChI is InChI=1S/C19H15BrClN5O2S/c1-27-15-8-16(28-2)14(7-12(15)21)26-18(22)17(24-25-26)19-23-13(9-29-19)10-4-3-5-11(20)6-10/h3-9H,22H2,1-2H3. The van der Waals surface area contributed by atoms with Crippen LogP contribution in [0.5, 0.6) is 11.5 Å². The average Bonchev–Trinajstić information content (AvgIpc) is 3.34. The Bertz CT molecular complexity index is 1190. The molecule has 0 amide bonds. The van der Waals surface area contributed by atoms with Gasteiger partial charge in [-0.3, -0.25) is 0 Å². The van der Waals surface area contributed by atoms with E-state index in [0.717, 1.165) is 15.7 Å². The van der Waals surface area contributed by atoms with Crippen molar-refractivity contribution in [3.05, 3.63) is 51.3 Å². The van der Waals surface area contributed by atoms with Crippen molar-refractivity contribution in [3.8, 4) is 39.1 Å². The fraction of sp³-hybridized carbons (Fsp3) is 0.105. The van der Waals surface area contributed by atoms with Crippen LogP contribution in [0.4, 0.5) is 5.82 Å². The Morgan fingerprint density at radius 2 is 1.93 bits per heavy atom. The van der Waals surface area contributed by atoms with Crippen molar-refractivity contribution < 1.29 is 9.47 Å². The molecule has 2 aromatic heterocycles. The molecule has 0 unspecified atom stereocenters. The number of nitrogen functional groups attached to an aromatic ring is 1. The van der Waals surface area contributed by atoms with Crippen molar-refractivity contribution >= 4 is 44.7 Å². The highest BCUT2D eigenvalue weighted by Crippen LogP contribution is 2.37. The van der Waals surface area contributed by atoms with Gasteiger partial charge in [0.15, 0.2) is 11.5 Å². The molecule has 4 aromatic rings. The lowest BCUT2D eigenvalue weighted by Gasteiger charge is -2.12. The zero-order chi connectivity index (χ0) is 20.5. The number of benzene rings is 2. The Hall–Kier alpha value is -2.62. The van der Waals surface area contributed by atoms with E-state index in [4.69, 9.17) is 26.8 Å². The highest BCUT2D eigenvalue weighted by atomic mass is 79.9. The molecule has 0 atom stereocenters. The molecule has 2 heterocycles. The summed E-state index contributed by atoms with van der Waals surface area (Å²) in [5.41, 5.74) is 9.23. The first-order valence-electron chi connectivity index (χ1n) is 8.36. The maximum Gasteiger partial charge on any atom is 0.165 e. The number of halogens is 2. The van der Waals surface area contributed by atoms with Gasteiger partial charge in [0.2, 0.25) is 0 Å². The predicted molar refractivity (Wildman–Crippen MR) is 118 cm³/mol. The Kier molecular flexibility index (Phi) is 5.44. The fourth-order valence-corrected chi connectivity index (χ4v) is 4.25. The van der Waals surface area contributed by atoms with Crippen LogP contribution >= 0.6 is 38.9 Å². The number of hydrogen-bond acceptors (Lipinski definition) is 7. The first kappa shape index (κ1) is 19.7. The summed E-state index contributed by atoms with van der Waals surface area (Å²) in [5.74, 6) is 1.33. The largest absolute Gasteiger partial charge is 0.495 e. The summed E-state index contributed by atoms with van der Waals surface area (Å²) in [5, 5.41) is 11.5. The second kappa shape index (κ2) is 8.02. The van der Waals surface area contributed by atoms with Gasteiger partial charge in [-0.05, 0) is 18.2 Å². The van der Waals surface area contributed by atoms with E-state index in [0.29, 0.717) is 38.7 Å². The topological polar surface area (TPSA) is 88.1 Å². The molecule has 0 bridgehead atoms. The number of hydrogen-bond donors (Lipinski definition) is 1. The lowest BCUT2D eigenvalue weighted by Crippen LogP contribution is -2.05. The summed E-state index contributed by atoms with van der Waals surface area (Å²) in [6, 6.07) is 11.3. The summed E-state index contributed by atoms with van der Waals surface area (Å²) in [4.78, 5) is 4.67. The van der Waals surface area contributed by atoms with Gasteiger partial charge in [0, 0.05) is 21.5 Å². The number of ether oxygens (including phenoxy) is 2. The molecule has 0 radical (unpaired) electrons. The van der Waals surface area contributed by atoms with Crippen LogP contribution in [-0.4, -0.2) is 34.2 Å². The minimum Gasteiger partial charge on any atom is -0.495 e. The molecule has 0 fully saturated rings. The highest BCUT2D eigenvalue weighted by Gasteiger charge is 2.20. The quantitative estimate of drug-likeness (QED) is 0.418. The Morgan fingerprint density at radius 1 is 1.14 bits per heavy atom. The predicted octanol–water partition coefficient (Wildman–Crippen LogP) is 5.07. The van der Waals surface area contributed by atoms with E-state index in [1.807, 2.05) is 29.6 Å². The lowest BCUT2D eigenvalue weighted by atomic mass is 10.2. The molecule has 2 aromatic carbocycles. The Balaban J connectivity index is 1.75. The van der Waals surface area contributed by atoms with Crippen molar-refractivity contribution in [2.75, 3.05) is 20.0 Å². The zero-order valence-electron chi connectivity index (χ0n) is 15.4. The van der Waals surface area contributed by atoms with E-state index in [-0.39, 0.29) is 0 Å². The summed E-state index contributed by atoms with van der Waals surface area (Å²) < 4.78 is 13.1. The molecule has 2 N–H and O–H groups in total. The number of methoxy groups -OCH3 is 2. The summed E-state index contributed by atoms with van der Waals surface area (Å²) >= 11 is 11.2. The molecule has 7 nitrogen and oxygen atoms in total. The lowest BCUT2D eigenvalue weighted by molar-refractivity contribution is 0.392. The summed E-state index contributed by atoms with van der Waals surface area (Å²) in [7, 11) is 3.08. The number of nitrogens with zero attached hydrogens (tertiary/aromatic N) is 4. The SMILES string of the molecule is COc1cc(OC)c(-n2nnc(-c3nc(-c4cccc(Br)c4)cs3)c2N)cc1Cl. The van der Waals surface area contributed by atoms with Gasteiger partial charge in [0.1, 0.15) is 22.2 Å². The first-order valence-corrected chi connectivity index (χ1v) is 10.4. The third-order valence-corrected chi connectivity index (χ3v) is 5.85. The molecule has 0 aliphatic rings. The molecular formula is C19H15BrClN5O2S. The van der Waals surface area contributed by atoms with Crippen LogP contribution < -0.4 is 15.2 Å². The van der Waals surface area contributed by atoms with E-state index in [9.17, 15) is 0 Å². The maximum atomic E-state index is 6.35. The second-order valence-corrected chi connectivity index (χ2v) is 8.12. The molecule has 0 spiro atoms. The molecule has 0 aliphatic carbocycles. The van der Waals surface area contributed by atoms with Crippen LogP contribution in [0.25, 0.3) is 27.6 Å². The third kappa shape index (κ3) is 3.68. The number of aromatic nitrogens is 4. The van der Waals surface area contributed by atoms with E-state index in [2.05, 4.69) is 31.2 Å². The number of thiazole rings is 1. The van der Waals surface area contributed by atoms with Gasteiger partial charge in [0.25, 0.3) is 0 Å². The highest BCUT2D eigenvalue weighted by molar-refractivity contribution is 9.10. The number of rotatable bonds is 5. The monoisotopic (exact) mass is 491 g/mol. The van der Waals surface area contributed by atoms with Gasteiger partial charge >= 0.3 is 0 Å². The normalized spacial score (nSPS) is 10.9. The summed E-state index contributed by atoms with van der Waals surface area (Å²) in [6.07, 6.45) is 0. The van der Waals surface area contributed by atoms with E-state index < -0.39 is 0 Å². The van der Waals surface area contributed by atoms with Crippen molar-refractivity contribution in [3.63, 3.8) is 0 Å². The minimum absolute atomic E-state index is 0.333. The van der Waals surface area contributed by atoms with Crippen molar-refractivity contribution in [2.45, 2.75) is 0 Å². The van der Waals surface area contributed by atoms with Gasteiger partial charge in [-0.25, -0.2) is 4.98 Å².